The highest BCUT2D eigenvalue weighted by Gasteiger charge is 2.27. The highest BCUT2D eigenvalue weighted by atomic mass is 31.2. The van der Waals surface area contributed by atoms with E-state index in [0.717, 1.165) is 44.9 Å². The monoisotopic (exact) mass is 919 g/mol. The Morgan fingerprint density at radius 2 is 0.875 bits per heavy atom. The fourth-order valence-electron chi connectivity index (χ4n) is 6.70. The summed E-state index contributed by atoms with van der Waals surface area (Å²) in [7, 11) is 1.43. The molecule has 1 N–H and O–H groups in total. The maximum Gasteiger partial charge on any atom is 0.472 e. The van der Waals surface area contributed by atoms with E-state index in [2.05, 4.69) is 74.6 Å². The minimum atomic E-state index is -4.40. The number of rotatable bonds is 46. The van der Waals surface area contributed by atoms with Crippen molar-refractivity contribution in [3.63, 3.8) is 0 Å². The van der Waals surface area contributed by atoms with Crippen LogP contribution in [0.25, 0.3) is 0 Å². The normalized spacial score (nSPS) is 14.0. The van der Waals surface area contributed by atoms with Crippen LogP contribution in [0.4, 0.5) is 0 Å². The number of likely N-dealkylation sites (N-methyl/N-ethyl adjacent to an activating group) is 1. The number of hydrogen-bond acceptors (Lipinski definition) is 7. The number of quaternary nitrogens is 1. The van der Waals surface area contributed by atoms with E-state index in [1.54, 1.807) is 0 Å². The van der Waals surface area contributed by atoms with Crippen LogP contribution in [-0.2, 0) is 32.7 Å². The van der Waals surface area contributed by atoms with E-state index >= 15 is 0 Å². The summed E-state index contributed by atoms with van der Waals surface area (Å²) in [5, 5.41) is 0. The van der Waals surface area contributed by atoms with E-state index in [9.17, 15) is 19.0 Å². The molecule has 0 aromatic rings. The van der Waals surface area contributed by atoms with Gasteiger partial charge in [-0.25, -0.2) is 4.57 Å². The van der Waals surface area contributed by atoms with Gasteiger partial charge in [-0.15, -0.1) is 0 Å². The van der Waals surface area contributed by atoms with Crippen molar-refractivity contribution in [3.05, 3.63) is 72.9 Å². The Balaban J connectivity index is 4.36. The third kappa shape index (κ3) is 48.9. The number of ether oxygens (including phenoxy) is 2. The predicted octanol–water partition coefficient (Wildman–Crippen LogP) is 15.4. The number of phosphoric acid groups is 1. The molecule has 0 aliphatic carbocycles. The second-order valence-corrected chi connectivity index (χ2v) is 19.6. The van der Waals surface area contributed by atoms with Crippen molar-refractivity contribution in [1.29, 1.82) is 0 Å². The number of unbranched alkanes of at least 4 members (excludes halogenated alkanes) is 20. The number of allylic oxidation sites excluding steroid dienone is 12. The maximum atomic E-state index is 12.8. The Morgan fingerprint density at radius 1 is 0.484 bits per heavy atom. The van der Waals surface area contributed by atoms with E-state index < -0.39 is 32.5 Å². The maximum absolute atomic E-state index is 12.8. The zero-order valence-electron chi connectivity index (χ0n) is 41.7. The molecule has 0 radical (unpaired) electrons. The molecule has 0 aromatic heterocycles. The van der Waals surface area contributed by atoms with E-state index in [0.29, 0.717) is 23.9 Å². The van der Waals surface area contributed by atoms with Crippen molar-refractivity contribution in [2.24, 2.45) is 0 Å². The molecule has 0 aliphatic rings. The summed E-state index contributed by atoms with van der Waals surface area (Å²) in [5.74, 6) is -0.895. The lowest BCUT2D eigenvalue weighted by molar-refractivity contribution is -0.870. The van der Waals surface area contributed by atoms with E-state index in [1.165, 1.54) is 122 Å². The third-order valence-corrected chi connectivity index (χ3v) is 11.7. The topological polar surface area (TPSA) is 108 Å². The Morgan fingerprint density at radius 3 is 1.36 bits per heavy atom. The Labute approximate surface area is 393 Å². The summed E-state index contributed by atoms with van der Waals surface area (Å²) in [6, 6.07) is 0. The van der Waals surface area contributed by atoms with Gasteiger partial charge in [0.25, 0.3) is 0 Å². The quantitative estimate of drug-likeness (QED) is 0.0211. The third-order valence-electron chi connectivity index (χ3n) is 10.7. The molecule has 370 valence electrons. The summed E-state index contributed by atoms with van der Waals surface area (Å²) in [6.07, 6.45) is 58.3. The summed E-state index contributed by atoms with van der Waals surface area (Å²) < 4.78 is 34.4. The van der Waals surface area contributed by atoms with Crippen LogP contribution in [0.5, 0.6) is 0 Å². The number of carbonyl (C=O) groups is 2. The van der Waals surface area contributed by atoms with Gasteiger partial charge in [0, 0.05) is 12.8 Å². The highest BCUT2D eigenvalue weighted by Crippen LogP contribution is 2.43. The lowest BCUT2D eigenvalue weighted by Crippen LogP contribution is -2.37. The van der Waals surface area contributed by atoms with Gasteiger partial charge in [0.15, 0.2) is 6.10 Å². The fraction of sp³-hybridized carbons (Fsp3) is 0.741. The molecule has 0 fully saturated rings. The number of hydrogen-bond donors (Lipinski definition) is 1. The van der Waals surface area contributed by atoms with Gasteiger partial charge in [0.2, 0.25) is 0 Å². The lowest BCUT2D eigenvalue weighted by atomic mass is 10.0. The molecule has 0 saturated heterocycles. The van der Waals surface area contributed by atoms with Crippen LogP contribution in [0, 0.1) is 0 Å². The SMILES string of the molecule is CCCCC/C=C/C/C=C/C/C=C/C/C=C/C/C=C/CCC(=O)OC[C@H](COP(=O)(O)OCC[N+](C)(C)C)OC(=O)CCCCCCCCCCCCC/C=C/CCCCCCCC. The molecule has 0 aliphatic heterocycles. The van der Waals surface area contributed by atoms with Gasteiger partial charge < -0.3 is 18.9 Å². The van der Waals surface area contributed by atoms with Crippen molar-refractivity contribution < 1.29 is 42.1 Å². The van der Waals surface area contributed by atoms with Crippen molar-refractivity contribution >= 4 is 19.8 Å². The molecule has 0 bridgehead atoms. The van der Waals surface area contributed by atoms with Crippen LogP contribution in [-0.4, -0.2) is 74.9 Å². The highest BCUT2D eigenvalue weighted by molar-refractivity contribution is 7.47. The van der Waals surface area contributed by atoms with Gasteiger partial charge in [0.05, 0.1) is 27.7 Å². The fourth-order valence-corrected chi connectivity index (χ4v) is 7.44. The van der Waals surface area contributed by atoms with Gasteiger partial charge >= 0.3 is 19.8 Å². The first-order chi connectivity index (χ1) is 31.0. The molecule has 0 rings (SSSR count). The standard InChI is InChI=1S/C54H96NO8P/c1-6-8-10-12-14-16-18-20-22-24-26-27-29-31-33-35-37-39-41-43-45-47-54(57)63-52(51-62-64(58,59)61-49-48-55(3,4)5)50-60-53(56)46-44-42-40-38-36-34-32-30-28-25-23-21-19-17-15-13-11-9-7-2/h15,17,20-23,28,30,34,36,40,42,52H,6-14,16,18-19,24-27,29,31-33,35,37-39,41,43-51H2,1-5H3/p+1/b17-15+,22-20+,23-21+,30-28+,36-34+,42-40+/t52-/m1/s1. The van der Waals surface area contributed by atoms with Crippen LogP contribution in [0.15, 0.2) is 72.9 Å². The van der Waals surface area contributed by atoms with Gasteiger partial charge in [-0.2, -0.15) is 0 Å². The number of esters is 2. The first kappa shape index (κ1) is 61.5. The molecule has 9 nitrogen and oxygen atoms in total. The Bertz CT molecular complexity index is 1310. The van der Waals surface area contributed by atoms with Crippen LogP contribution in [0.3, 0.4) is 0 Å². The number of nitrogens with zero attached hydrogens (tertiary/aromatic N) is 1. The zero-order chi connectivity index (χ0) is 47.1. The van der Waals surface area contributed by atoms with Crippen LogP contribution >= 0.6 is 7.82 Å². The average molecular weight is 919 g/mol. The van der Waals surface area contributed by atoms with Crippen molar-refractivity contribution in [3.8, 4) is 0 Å². The molecule has 64 heavy (non-hydrogen) atoms. The predicted molar refractivity (Wildman–Crippen MR) is 270 cm³/mol. The van der Waals surface area contributed by atoms with E-state index in [4.69, 9.17) is 18.5 Å². The second kappa shape index (κ2) is 45.6. The van der Waals surface area contributed by atoms with Crippen LogP contribution in [0.2, 0.25) is 0 Å². The molecule has 2 atom stereocenters. The minimum absolute atomic E-state index is 0.0180. The van der Waals surface area contributed by atoms with E-state index in [1.807, 2.05) is 33.3 Å². The first-order valence-electron chi connectivity index (χ1n) is 25.7. The lowest BCUT2D eigenvalue weighted by Gasteiger charge is -2.24. The van der Waals surface area contributed by atoms with Crippen molar-refractivity contribution in [2.45, 2.75) is 213 Å². The first-order valence-corrected chi connectivity index (χ1v) is 27.2. The summed E-state index contributed by atoms with van der Waals surface area (Å²) in [5.41, 5.74) is 0. The summed E-state index contributed by atoms with van der Waals surface area (Å²) >= 11 is 0. The molecule has 0 aromatic carbocycles. The molecule has 0 amide bonds. The van der Waals surface area contributed by atoms with Gasteiger partial charge in [-0.1, -0.05) is 189 Å². The Kier molecular flexibility index (Phi) is 43.8. The second-order valence-electron chi connectivity index (χ2n) is 18.2. The zero-order valence-corrected chi connectivity index (χ0v) is 42.6. The van der Waals surface area contributed by atoms with Gasteiger partial charge in [0.1, 0.15) is 19.8 Å². The molecule has 1 unspecified atom stereocenters. The summed E-state index contributed by atoms with van der Waals surface area (Å²) in [4.78, 5) is 35.5. The van der Waals surface area contributed by atoms with Gasteiger partial charge in [-0.05, 0) is 77.0 Å². The Hall–Kier alpha value is -2.55. The molecule has 0 spiro atoms. The molecule has 0 saturated carbocycles. The van der Waals surface area contributed by atoms with E-state index in [-0.39, 0.29) is 26.1 Å². The van der Waals surface area contributed by atoms with Crippen LogP contribution in [0.1, 0.15) is 206 Å². The number of carbonyl (C=O) groups excluding carboxylic acids is 2. The smallest absolute Gasteiger partial charge is 0.462 e. The van der Waals surface area contributed by atoms with Crippen molar-refractivity contribution in [2.75, 3.05) is 47.5 Å². The molecule has 10 heteroatoms. The molecular weight excluding hydrogens is 822 g/mol. The summed E-state index contributed by atoms with van der Waals surface area (Å²) in [6.45, 7) is 4.32. The van der Waals surface area contributed by atoms with Crippen LogP contribution < -0.4 is 0 Å². The minimum Gasteiger partial charge on any atom is -0.462 e. The average Bonchev–Trinajstić information content (AvgIpc) is 3.25. The van der Waals surface area contributed by atoms with Gasteiger partial charge in [-0.3, -0.25) is 18.6 Å². The largest absolute Gasteiger partial charge is 0.472 e. The molecule has 0 heterocycles. The molecular formula is C54H97NO8P+. The van der Waals surface area contributed by atoms with Crippen molar-refractivity contribution in [1.82, 2.24) is 0 Å². The number of phosphoric ester groups is 1.